The van der Waals surface area contributed by atoms with Crippen molar-refractivity contribution in [2.24, 2.45) is 0 Å². The van der Waals surface area contributed by atoms with Gasteiger partial charge in [0.25, 0.3) is 5.91 Å². The van der Waals surface area contributed by atoms with Crippen molar-refractivity contribution in [3.63, 3.8) is 0 Å². The SMILES string of the molecule is C[C@@H](Oc1ccccc1[N+](=O)[O-])C(=O)Nc1cc(Cl)ccc1Cl. The number of carbonyl (C=O) groups excluding carboxylic acids is 1. The molecule has 0 saturated carbocycles. The van der Waals surface area contributed by atoms with Crippen LogP contribution < -0.4 is 10.1 Å². The second-order valence-corrected chi connectivity index (χ2v) is 5.44. The van der Waals surface area contributed by atoms with Gasteiger partial charge in [-0.1, -0.05) is 35.3 Å². The summed E-state index contributed by atoms with van der Waals surface area (Å²) >= 11 is 11.8. The molecule has 0 bridgehead atoms. The van der Waals surface area contributed by atoms with E-state index in [9.17, 15) is 14.9 Å². The monoisotopic (exact) mass is 354 g/mol. The molecule has 0 fully saturated rings. The van der Waals surface area contributed by atoms with Crippen molar-refractivity contribution in [3.05, 3.63) is 62.6 Å². The summed E-state index contributed by atoms with van der Waals surface area (Å²) in [6.45, 7) is 1.48. The molecule has 0 heterocycles. The van der Waals surface area contributed by atoms with Gasteiger partial charge in [0.15, 0.2) is 11.9 Å². The summed E-state index contributed by atoms with van der Waals surface area (Å²) in [5.41, 5.74) is 0.120. The molecule has 0 radical (unpaired) electrons. The molecule has 23 heavy (non-hydrogen) atoms. The van der Waals surface area contributed by atoms with Crippen molar-refractivity contribution in [1.82, 2.24) is 0 Å². The molecular weight excluding hydrogens is 343 g/mol. The van der Waals surface area contributed by atoms with E-state index in [0.717, 1.165) is 0 Å². The molecule has 0 unspecified atom stereocenters. The zero-order valence-electron chi connectivity index (χ0n) is 12.0. The van der Waals surface area contributed by atoms with Gasteiger partial charge in [0.1, 0.15) is 0 Å². The van der Waals surface area contributed by atoms with E-state index < -0.39 is 16.9 Å². The average molecular weight is 355 g/mol. The summed E-state index contributed by atoms with van der Waals surface area (Å²) in [6, 6.07) is 10.5. The minimum atomic E-state index is -0.967. The Morgan fingerprint density at radius 2 is 1.96 bits per heavy atom. The quantitative estimate of drug-likeness (QED) is 0.640. The van der Waals surface area contributed by atoms with Crippen LogP contribution in [0.15, 0.2) is 42.5 Å². The fourth-order valence-corrected chi connectivity index (χ4v) is 2.12. The molecule has 2 rings (SSSR count). The first-order valence-electron chi connectivity index (χ1n) is 6.54. The molecule has 2 aromatic carbocycles. The molecule has 0 saturated heterocycles. The summed E-state index contributed by atoms with van der Waals surface area (Å²) in [7, 11) is 0. The smallest absolute Gasteiger partial charge is 0.310 e. The van der Waals surface area contributed by atoms with Gasteiger partial charge < -0.3 is 10.1 Å². The number of benzene rings is 2. The first-order valence-corrected chi connectivity index (χ1v) is 7.30. The van der Waals surface area contributed by atoms with E-state index in [2.05, 4.69) is 5.32 Å². The maximum Gasteiger partial charge on any atom is 0.310 e. The third-order valence-corrected chi connectivity index (χ3v) is 3.49. The van der Waals surface area contributed by atoms with Gasteiger partial charge >= 0.3 is 5.69 Å². The Kier molecular flexibility index (Phi) is 5.41. The number of amides is 1. The van der Waals surface area contributed by atoms with Gasteiger partial charge in [0.05, 0.1) is 15.6 Å². The van der Waals surface area contributed by atoms with Gasteiger partial charge in [-0.2, -0.15) is 0 Å². The highest BCUT2D eigenvalue weighted by Crippen LogP contribution is 2.28. The van der Waals surface area contributed by atoms with Crippen LogP contribution in [0.3, 0.4) is 0 Å². The van der Waals surface area contributed by atoms with E-state index >= 15 is 0 Å². The van der Waals surface area contributed by atoms with Crippen LogP contribution in [0.2, 0.25) is 10.0 Å². The molecule has 0 aliphatic carbocycles. The number of hydrogen-bond donors (Lipinski definition) is 1. The predicted octanol–water partition coefficient (Wildman–Crippen LogP) is 4.31. The fraction of sp³-hybridized carbons (Fsp3) is 0.133. The van der Waals surface area contributed by atoms with Crippen LogP contribution in [0.1, 0.15) is 6.92 Å². The molecule has 1 N–H and O–H groups in total. The van der Waals surface area contributed by atoms with Crippen LogP contribution in [0.25, 0.3) is 0 Å². The van der Waals surface area contributed by atoms with E-state index in [1.165, 1.54) is 31.2 Å². The summed E-state index contributed by atoms with van der Waals surface area (Å²) in [6.07, 6.45) is -0.967. The Balaban J connectivity index is 2.12. The number of nitrogens with one attached hydrogen (secondary N) is 1. The molecule has 1 amide bonds. The van der Waals surface area contributed by atoms with Crippen molar-refractivity contribution >= 4 is 40.5 Å². The van der Waals surface area contributed by atoms with Crippen LogP contribution in [0.5, 0.6) is 5.75 Å². The summed E-state index contributed by atoms with van der Waals surface area (Å²) in [4.78, 5) is 22.5. The molecule has 2 aromatic rings. The van der Waals surface area contributed by atoms with Crippen LogP contribution >= 0.6 is 23.2 Å². The number of ether oxygens (including phenoxy) is 1. The number of rotatable bonds is 5. The number of nitro benzene ring substituents is 1. The van der Waals surface area contributed by atoms with Gasteiger partial charge in [-0.3, -0.25) is 14.9 Å². The highest BCUT2D eigenvalue weighted by molar-refractivity contribution is 6.35. The van der Waals surface area contributed by atoms with E-state index in [0.29, 0.717) is 15.7 Å². The fourth-order valence-electron chi connectivity index (χ4n) is 1.78. The van der Waals surface area contributed by atoms with Crippen LogP contribution in [0, 0.1) is 10.1 Å². The normalized spacial score (nSPS) is 11.6. The lowest BCUT2D eigenvalue weighted by Crippen LogP contribution is -2.30. The predicted molar refractivity (Wildman–Crippen MR) is 88.3 cm³/mol. The molecule has 0 aliphatic rings. The van der Waals surface area contributed by atoms with Crippen LogP contribution in [0.4, 0.5) is 11.4 Å². The number of hydrogen-bond acceptors (Lipinski definition) is 4. The number of para-hydroxylation sites is 2. The first-order chi connectivity index (χ1) is 10.9. The van der Waals surface area contributed by atoms with E-state index in [-0.39, 0.29) is 11.4 Å². The van der Waals surface area contributed by atoms with Crippen molar-refractivity contribution in [3.8, 4) is 5.75 Å². The Hall–Kier alpha value is -2.31. The highest BCUT2D eigenvalue weighted by Gasteiger charge is 2.21. The number of carbonyl (C=O) groups is 1. The zero-order chi connectivity index (χ0) is 17.0. The van der Waals surface area contributed by atoms with E-state index in [1.54, 1.807) is 18.2 Å². The third-order valence-electron chi connectivity index (χ3n) is 2.92. The zero-order valence-corrected chi connectivity index (χ0v) is 13.5. The number of anilines is 1. The Bertz CT molecular complexity index is 752. The molecule has 0 spiro atoms. The molecule has 1 atom stereocenters. The van der Waals surface area contributed by atoms with Crippen molar-refractivity contribution in [2.45, 2.75) is 13.0 Å². The molecule has 120 valence electrons. The highest BCUT2D eigenvalue weighted by atomic mass is 35.5. The minimum absolute atomic E-state index is 0.0114. The Labute approximate surface area is 142 Å². The summed E-state index contributed by atoms with van der Waals surface area (Å²) in [5, 5.41) is 14.2. The lowest BCUT2D eigenvalue weighted by Gasteiger charge is -2.15. The van der Waals surface area contributed by atoms with Crippen molar-refractivity contribution < 1.29 is 14.5 Å². The first kappa shape index (κ1) is 17.1. The van der Waals surface area contributed by atoms with E-state index in [4.69, 9.17) is 27.9 Å². The largest absolute Gasteiger partial charge is 0.474 e. The standard InChI is InChI=1S/C15H12Cl2N2O4/c1-9(23-14-5-3-2-4-13(14)19(21)22)15(20)18-12-8-10(16)6-7-11(12)17/h2-9H,1H3,(H,18,20)/t9-/m1/s1. The second kappa shape index (κ2) is 7.30. The van der Waals surface area contributed by atoms with Gasteiger partial charge in [0.2, 0.25) is 0 Å². The van der Waals surface area contributed by atoms with Crippen molar-refractivity contribution in [2.75, 3.05) is 5.32 Å². The second-order valence-electron chi connectivity index (χ2n) is 4.60. The lowest BCUT2D eigenvalue weighted by atomic mass is 10.2. The van der Waals surface area contributed by atoms with Gasteiger partial charge in [-0.25, -0.2) is 0 Å². The van der Waals surface area contributed by atoms with Crippen LogP contribution in [-0.2, 0) is 4.79 Å². The molecule has 8 heteroatoms. The number of halogens is 2. The van der Waals surface area contributed by atoms with Gasteiger partial charge in [-0.05, 0) is 31.2 Å². The number of nitro groups is 1. The maximum absolute atomic E-state index is 12.2. The Morgan fingerprint density at radius 1 is 1.26 bits per heavy atom. The Morgan fingerprint density at radius 3 is 2.65 bits per heavy atom. The lowest BCUT2D eigenvalue weighted by molar-refractivity contribution is -0.386. The number of nitrogens with zero attached hydrogens (tertiary/aromatic N) is 1. The molecular formula is C15H12Cl2N2O4. The summed E-state index contributed by atoms with van der Waals surface area (Å²) < 4.78 is 5.38. The molecule has 0 aromatic heterocycles. The third kappa shape index (κ3) is 4.34. The minimum Gasteiger partial charge on any atom is -0.474 e. The molecule has 6 nitrogen and oxygen atoms in total. The van der Waals surface area contributed by atoms with Crippen LogP contribution in [-0.4, -0.2) is 16.9 Å². The average Bonchev–Trinajstić information content (AvgIpc) is 2.51. The molecule has 0 aliphatic heterocycles. The topological polar surface area (TPSA) is 81.5 Å². The van der Waals surface area contributed by atoms with Crippen molar-refractivity contribution in [1.29, 1.82) is 0 Å². The van der Waals surface area contributed by atoms with Gasteiger partial charge in [-0.15, -0.1) is 0 Å². The van der Waals surface area contributed by atoms with E-state index in [1.807, 2.05) is 0 Å². The maximum atomic E-state index is 12.2. The summed E-state index contributed by atoms with van der Waals surface area (Å²) in [5.74, 6) is -0.496. The van der Waals surface area contributed by atoms with Gasteiger partial charge in [0, 0.05) is 11.1 Å².